The standard InChI is InChI=1S/C36H42O6S/c1-3-5-6-7-8-9-10-13-28-14-20-31(21-15-28)41-35(38)29-16-22-32(23-17-29)42-36(39)30-18-24-33(25-19-30)43-27-12-11-26-40-34(37)4-2/h4,14-25H,2-3,5-13,26-27H2,1H3. The van der Waals surface area contributed by atoms with E-state index in [1.165, 1.54) is 50.5 Å². The van der Waals surface area contributed by atoms with Gasteiger partial charge in [0.25, 0.3) is 0 Å². The van der Waals surface area contributed by atoms with Crippen molar-refractivity contribution in [2.45, 2.75) is 76.0 Å². The molecule has 0 saturated carbocycles. The Morgan fingerprint density at radius 1 is 0.674 bits per heavy atom. The third-order valence-corrected chi connectivity index (χ3v) is 7.91. The van der Waals surface area contributed by atoms with Crippen LogP contribution in [0.2, 0.25) is 0 Å². The van der Waals surface area contributed by atoms with E-state index in [4.69, 9.17) is 14.2 Å². The molecule has 0 heterocycles. The number of thioether (sulfide) groups is 1. The quantitative estimate of drug-likeness (QED) is 0.0445. The summed E-state index contributed by atoms with van der Waals surface area (Å²) in [5.74, 6) is 0.357. The molecule has 0 atom stereocenters. The Hall–Kier alpha value is -3.84. The van der Waals surface area contributed by atoms with Crippen LogP contribution in [-0.2, 0) is 16.0 Å². The number of rotatable bonds is 19. The van der Waals surface area contributed by atoms with Gasteiger partial charge in [-0.05, 0) is 97.7 Å². The van der Waals surface area contributed by atoms with E-state index >= 15 is 0 Å². The lowest BCUT2D eigenvalue weighted by Gasteiger charge is -2.08. The summed E-state index contributed by atoms with van der Waals surface area (Å²) in [6, 6.07) is 21.2. The summed E-state index contributed by atoms with van der Waals surface area (Å²) in [6.45, 7) is 5.98. The number of aryl methyl sites for hydroxylation is 1. The van der Waals surface area contributed by atoms with Crippen LogP contribution in [0.15, 0.2) is 90.3 Å². The third-order valence-electron chi connectivity index (χ3n) is 6.81. The van der Waals surface area contributed by atoms with E-state index in [1.54, 1.807) is 48.2 Å². The first kappa shape index (κ1) is 33.7. The largest absolute Gasteiger partial charge is 0.463 e. The van der Waals surface area contributed by atoms with Crippen LogP contribution in [0.5, 0.6) is 11.5 Å². The number of unbranched alkanes of at least 4 members (excludes halogenated alkanes) is 7. The summed E-state index contributed by atoms with van der Waals surface area (Å²) in [5.41, 5.74) is 2.04. The minimum atomic E-state index is -0.479. The zero-order valence-electron chi connectivity index (χ0n) is 25.1. The number of ether oxygens (including phenoxy) is 3. The van der Waals surface area contributed by atoms with Gasteiger partial charge in [-0.1, -0.05) is 64.2 Å². The fourth-order valence-corrected chi connectivity index (χ4v) is 5.23. The van der Waals surface area contributed by atoms with Crippen molar-refractivity contribution in [1.82, 2.24) is 0 Å². The number of hydrogen-bond donors (Lipinski definition) is 0. The van der Waals surface area contributed by atoms with E-state index in [9.17, 15) is 14.4 Å². The molecule has 3 rings (SSSR count). The van der Waals surface area contributed by atoms with E-state index in [0.29, 0.717) is 29.2 Å². The van der Waals surface area contributed by atoms with Gasteiger partial charge in [0.15, 0.2) is 0 Å². The zero-order chi connectivity index (χ0) is 30.7. The van der Waals surface area contributed by atoms with Crippen LogP contribution in [0.3, 0.4) is 0 Å². The molecule has 0 amide bonds. The Kier molecular flexibility index (Phi) is 15.2. The molecule has 0 fully saturated rings. The van der Waals surface area contributed by atoms with Gasteiger partial charge >= 0.3 is 17.9 Å². The van der Waals surface area contributed by atoms with Gasteiger partial charge in [-0.15, -0.1) is 11.8 Å². The molecule has 3 aromatic rings. The molecule has 0 spiro atoms. The lowest BCUT2D eigenvalue weighted by atomic mass is 10.0. The maximum atomic E-state index is 12.6. The predicted molar refractivity (Wildman–Crippen MR) is 172 cm³/mol. The lowest BCUT2D eigenvalue weighted by molar-refractivity contribution is -0.137. The molecule has 6 nitrogen and oxygen atoms in total. The highest BCUT2D eigenvalue weighted by Crippen LogP contribution is 2.22. The molecule has 0 aromatic heterocycles. The van der Waals surface area contributed by atoms with Crippen molar-refractivity contribution in [3.05, 3.63) is 102 Å². The number of hydrogen-bond acceptors (Lipinski definition) is 7. The Morgan fingerprint density at radius 2 is 1.21 bits per heavy atom. The number of carbonyl (C=O) groups excluding carboxylic acids is 3. The van der Waals surface area contributed by atoms with Crippen molar-refractivity contribution in [3.8, 4) is 11.5 Å². The summed E-state index contributed by atoms with van der Waals surface area (Å²) in [5, 5.41) is 0. The Bertz CT molecular complexity index is 1280. The van der Waals surface area contributed by atoms with Crippen molar-refractivity contribution in [2.24, 2.45) is 0 Å². The van der Waals surface area contributed by atoms with Crippen LogP contribution in [0, 0.1) is 0 Å². The first-order valence-electron chi connectivity index (χ1n) is 15.1. The van der Waals surface area contributed by atoms with Crippen LogP contribution in [0.1, 0.15) is 91.0 Å². The highest BCUT2D eigenvalue weighted by Gasteiger charge is 2.12. The van der Waals surface area contributed by atoms with Crippen LogP contribution in [0.25, 0.3) is 0 Å². The topological polar surface area (TPSA) is 78.9 Å². The van der Waals surface area contributed by atoms with Gasteiger partial charge in [-0.2, -0.15) is 0 Å². The summed E-state index contributed by atoms with van der Waals surface area (Å²) >= 11 is 1.66. The highest BCUT2D eigenvalue weighted by atomic mass is 32.2. The molecule has 0 radical (unpaired) electrons. The van der Waals surface area contributed by atoms with E-state index in [-0.39, 0.29) is 0 Å². The third kappa shape index (κ3) is 12.9. The maximum Gasteiger partial charge on any atom is 0.343 e. The number of carbonyl (C=O) groups is 3. The van der Waals surface area contributed by atoms with Gasteiger partial charge in [0.1, 0.15) is 11.5 Å². The van der Waals surface area contributed by atoms with Gasteiger partial charge in [-0.25, -0.2) is 14.4 Å². The Balaban J connectivity index is 1.37. The Labute approximate surface area is 259 Å². The van der Waals surface area contributed by atoms with Gasteiger partial charge in [-0.3, -0.25) is 0 Å². The smallest absolute Gasteiger partial charge is 0.343 e. The summed E-state index contributed by atoms with van der Waals surface area (Å²) in [4.78, 5) is 37.3. The minimum Gasteiger partial charge on any atom is -0.463 e. The minimum absolute atomic E-state index is 0.340. The van der Waals surface area contributed by atoms with Gasteiger partial charge < -0.3 is 14.2 Å². The number of esters is 3. The van der Waals surface area contributed by atoms with E-state index in [1.807, 2.05) is 36.4 Å². The zero-order valence-corrected chi connectivity index (χ0v) is 25.9. The monoisotopic (exact) mass is 602 g/mol. The van der Waals surface area contributed by atoms with Crippen LogP contribution in [0.4, 0.5) is 0 Å². The molecule has 0 saturated heterocycles. The van der Waals surface area contributed by atoms with E-state index in [2.05, 4.69) is 13.5 Å². The van der Waals surface area contributed by atoms with Crippen molar-refractivity contribution < 1.29 is 28.6 Å². The van der Waals surface area contributed by atoms with Crippen LogP contribution in [-0.4, -0.2) is 30.3 Å². The summed E-state index contributed by atoms with van der Waals surface area (Å²) in [7, 11) is 0. The predicted octanol–water partition coefficient (Wildman–Crippen LogP) is 9.02. The van der Waals surface area contributed by atoms with Gasteiger partial charge in [0.2, 0.25) is 0 Å². The second kappa shape index (κ2) is 19.4. The molecule has 0 aliphatic carbocycles. The number of benzene rings is 3. The van der Waals surface area contributed by atoms with E-state index in [0.717, 1.165) is 36.0 Å². The average Bonchev–Trinajstić information content (AvgIpc) is 3.03. The second-order valence-electron chi connectivity index (χ2n) is 10.3. The maximum absolute atomic E-state index is 12.6. The van der Waals surface area contributed by atoms with Crippen molar-refractivity contribution >= 4 is 29.7 Å². The van der Waals surface area contributed by atoms with Gasteiger partial charge in [0.05, 0.1) is 17.7 Å². The van der Waals surface area contributed by atoms with Crippen LogP contribution >= 0.6 is 11.8 Å². The first-order chi connectivity index (χ1) is 21.0. The molecule has 0 aliphatic heterocycles. The normalized spacial score (nSPS) is 10.6. The van der Waals surface area contributed by atoms with Crippen molar-refractivity contribution in [3.63, 3.8) is 0 Å². The molecule has 0 unspecified atom stereocenters. The van der Waals surface area contributed by atoms with Gasteiger partial charge in [0, 0.05) is 11.0 Å². The molecule has 0 aliphatic rings. The second-order valence-corrected chi connectivity index (χ2v) is 11.4. The molecule has 0 N–H and O–H groups in total. The average molecular weight is 603 g/mol. The lowest BCUT2D eigenvalue weighted by Crippen LogP contribution is -2.10. The highest BCUT2D eigenvalue weighted by molar-refractivity contribution is 7.99. The van der Waals surface area contributed by atoms with Crippen molar-refractivity contribution in [2.75, 3.05) is 12.4 Å². The Morgan fingerprint density at radius 3 is 1.79 bits per heavy atom. The fraction of sp³-hybridized carbons (Fsp3) is 0.361. The molecule has 228 valence electrons. The van der Waals surface area contributed by atoms with Crippen molar-refractivity contribution in [1.29, 1.82) is 0 Å². The molecule has 43 heavy (non-hydrogen) atoms. The molecular formula is C36H42O6S. The van der Waals surface area contributed by atoms with Crippen LogP contribution < -0.4 is 9.47 Å². The van der Waals surface area contributed by atoms with E-state index < -0.39 is 17.9 Å². The molecule has 3 aromatic carbocycles. The fourth-order valence-electron chi connectivity index (χ4n) is 4.31. The molecule has 7 heteroatoms. The summed E-state index contributed by atoms with van der Waals surface area (Å²) < 4.78 is 16.0. The molecule has 0 bridgehead atoms. The first-order valence-corrected chi connectivity index (χ1v) is 16.1. The summed E-state index contributed by atoms with van der Waals surface area (Å²) in [6.07, 6.45) is 12.8. The SMILES string of the molecule is C=CC(=O)OCCCCSc1ccc(C(=O)Oc2ccc(C(=O)Oc3ccc(CCCCCCCCC)cc3)cc2)cc1. The molecular weight excluding hydrogens is 560 g/mol.